The molecule has 3 rings (SSSR count). The van der Waals surface area contributed by atoms with Crippen molar-refractivity contribution in [3.8, 4) is 0 Å². The summed E-state index contributed by atoms with van der Waals surface area (Å²) in [5.74, 6) is 0. The highest BCUT2D eigenvalue weighted by Crippen LogP contribution is 2.23. The number of hydrogen-bond acceptors (Lipinski definition) is 4. The highest BCUT2D eigenvalue weighted by atomic mass is 35.5. The first-order valence-corrected chi connectivity index (χ1v) is 9.23. The molecule has 1 unspecified atom stereocenters. The van der Waals surface area contributed by atoms with Gasteiger partial charge in [-0.25, -0.2) is 4.79 Å². The molecule has 0 aliphatic carbocycles. The lowest BCUT2D eigenvalue weighted by Crippen LogP contribution is -2.46. The zero-order valence-corrected chi connectivity index (χ0v) is 15.4. The van der Waals surface area contributed by atoms with Gasteiger partial charge in [-0.2, -0.15) is 0 Å². The fraction of sp³-hybridized carbons (Fsp3) is 0.350. The van der Waals surface area contributed by atoms with Gasteiger partial charge in [0.2, 0.25) is 0 Å². The lowest BCUT2D eigenvalue weighted by molar-refractivity contribution is 0.0910. The first-order chi connectivity index (χ1) is 12.6. The van der Waals surface area contributed by atoms with Crippen LogP contribution in [0.25, 0.3) is 0 Å². The molecule has 1 aliphatic rings. The summed E-state index contributed by atoms with van der Waals surface area (Å²) < 4.78 is 5.32. The number of carbonyl (C=O) groups excluding carboxylic acids is 1. The van der Waals surface area contributed by atoms with E-state index in [0.29, 0.717) is 0 Å². The lowest BCUT2D eigenvalue weighted by Gasteiger charge is -2.36. The minimum Gasteiger partial charge on any atom is -0.441 e. The van der Waals surface area contributed by atoms with E-state index >= 15 is 0 Å². The fourth-order valence-electron chi connectivity index (χ4n) is 3.30. The molecule has 26 heavy (non-hydrogen) atoms. The summed E-state index contributed by atoms with van der Waals surface area (Å²) >= 11 is 6.09. The van der Waals surface area contributed by atoms with Crippen LogP contribution in [-0.2, 0) is 4.74 Å². The number of rotatable bonds is 6. The van der Waals surface area contributed by atoms with Crippen molar-refractivity contribution < 1.29 is 9.53 Å². The van der Waals surface area contributed by atoms with Gasteiger partial charge < -0.3 is 15.4 Å². The molecule has 0 spiro atoms. The molecule has 6 heteroatoms. The molecule has 5 nitrogen and oxygen atoms in total. The Morgan fingerprint density at radius 1 is 1.08 bits per heavy atom. The standard InChI is InChI=1S/C20H24ClN3O2/c21-17-7-4-8-18(15-17)24-13-11-23(12-14-24)10-9-19(26-20(22)25)16-5-2-1-3-6-16/h1-8,15,19H,9-14H2,(H2,22,25). The Morgan fingerprint density at radius 3 is 2.46 bits per heavy atom. The minimum absolute atomic E-state index is 0.306. The average Bonchev–Trinajstić information content (AvgIpc) is 2.66. The minimum atomic E-state index is -0.732. The maximum atomic E-state index is 11.2. The summed E-state index contributed by atoms with van der Waals surface area (Å²) in [5, 5.41) is 0.763. The predicted molar refractivity (Wildman–Crippen MR) is 105 cm³/mol. The van der Waals surface area contributed by atoms with Crippen LogP contribution in [0.1, 0.15) is 18.1 Å². The number of benzene rings is 2. The molecule has 1 aliphatic heterocycles. The average molecular weight is 374 g/mol. The second-order valence-corrected chi connectivity index (χ2v) is 6.87. The SMILES string of the molecule is NC(=O)OC(CCN1CCN(c2cccc(Cl)c2)CC1)c1ccccc1. The van der Waals surface area contributed by atoms with E-state index in [0.717, 1.165) is 55.4 Å². The molecule has 1 heterocycles. The zero-order chi connectivity index (χ0) is 18.4. The zero-order valence-electron chi connectivity index (χ0n) is 14.7. The van der Waals surface area contributed by atoms with Gasteiger partial charge in [0.25, 0.3) is 0 Å². The molecule has 1 amide bonds. The fourth-order valence-corrected chi connectivity index (χ4v) is 3.49. The van der Waals surface area contributed by atoms with Gasteiger partial charge in [-0.05, 0) is 23.8 Å². The number of nitrogens with two attached hydrogens (primary N) is 1. The number of primary amides is 1. The van der Waals surface area contributed by atoms with Gasteiger partial charge in [0.1, 0.15) is 6.10 Å². The van der Waals surface area contributed by atoms with E-state index in [4.69, 9.17) is 22.1 Å². The maximum absolute atomic E-state index is 11.2. The van der Waals surface area contributed by atoms with Crippen molar-refractivity contribution in [2.24, 2.45) is 5.73 Å². The van der Waals surface area contributed by atoms with Gasteiger partial charge in [-0.15, -0.1) is 0 Å². The van der Waals surface area contributed by atoms with Gasteiger partial charge in [0.05, 0.1) is 0 Å². The van der Waals surface area contributed by atoms with E-state index in [1.165, 1.54) is 0 Å². The largest absolute Gasteiger partial charge is 0.441 e. The molecule has 1 saturated heterocycles. The van der Waals surface area contributed by atoms with E-state index in [2.05, 4.69) is 15.9 Å². The Labute approximate surface area is 159 Å². The summed E-state index contributed by atoms with van der Waals surface area (Å²) in [6.45, 7) is 4.69. The highest BCUT2D eigenvalue weighted by molar-refractivity contribution is 6.30. The number of ether oxygens (including phenoxy) is 1. The molecule has 2 N–H and O–H groups in total. The van der Waals surface area contributed by atoms with Crippen LogP contribution in [0.5, 0.6) is 0 Å². The van der Waals surface area contributed by atoms with Crippen molar-refractivity contribution in [2.45, 2.75) is 12.5 Å². The van der Waals surface area contributed by atoms with E-state index in [1.54, 1.807) is 0 Å². The quantitative estimate of drug-likeness (QED) is 0.838. The van der Waals surface area contributed by atoms with E-state index in [9.17, 15) is 4.79 Å². The Morgan fingerprint density at radius 2 is 1.81 bits per heavy atom. The van der Waals surface area contributed by atoms with Crippen molar-refractivity contribution in [3.05, 3.63) is 65.2 Å². The summed E-state index contributed by atoms with van der Waals surface area (Å²) in [6.07, 6.45) is -0.311. The summed E-state index contributed by atoms with van der Waals surface area (Å²) in [7, 11) is 0. The van der Waals surface area contributed by atoms with Crippen molar-refractivity contribution in [1.82, 2.24) is 4.90 Å². The number of carbonyl (C=O) groups is 1. The molecular weight excluding hydrogens is 350 g/mol. The molecule has 1 atom stereocenters. The van der Waals surface area contributed by atoms with E-state index in [-0.39, 0.29) is 6.10 Å². The summed E-state index contributed by atoms with van der Waals surface area (Å²) in [5.41, 5.74) is 7.38. The van der Waals surface area contributed by atoms with Crippen LogP contribution in [0.3, 0.4) is 0 Å². The molecule has 138 valence electrons. The number of halogens is 1. The first kappa shape index (κ1) is 18.5. The van der Waals surface area contributed by atoms with Gasteiger partial charge in [0, 0.05) is 49.9 Å². The van der Waals surface area contributed by atoms with Crippen molar-refractivity contribution in [2.75, 3.05) is 37.6 Å². The third kappa shape index (κ3) is 5.13. The number of amides is 1. The Balaban J connectivity index is 1.52. The summed E-state index contributed by atoms with van der Waals surface area (Å²) in [4.78, 5) is 16.0. The van der Waals surface area contributed by atoms with Gasteiger partial charge in [-0.3, -0.25) is 4.90 Å². The smallest absolute Gasteiger partial charge is 0.405 e. The van der Waals surface area contributed by atoms with Crippen LogP contribution in [0.2, 0.25) is 5.02 Å². The Bertz CT molecular complexity index is 718. The first-order valence-electron chi connectivity index (χ1n) is 8.86. The lowest BCUT2D eigenvalue weighted by atomic mass is 10.1. The molecule has 0 bridgehead atoms. The van der Waals surface area contributed by atoms with Gasteiger partial charge in [-0.1, -0.05) is 48.0 Å². The third-order valence-electron chi connectivity index (χ3n) is 4.68. The van der Waals surface area contributed by atoms with E-state index in [1.807, 2.05) is 48.5 Å². The summed E-state index contributed by atoms with van der Waals surface area (Å²) in [6, 6.07) is 17.7. The van der Waals surface area contributed by atoms with Crippen molar-refractivity contribution >= 4 is 23.4 Å². The van der Waals surface area contributed by atoms with Crippen LogP contribution < -0.4 is 10.6 Å². The van der Waals surface area contributed by atoms with Crippen molar-refractivity contribution in [3.63, 3.8) is 0 Å². The molecule has 0 aromatic heterocycles. The van der Waals surface area contributed by atoms with Crippen LogP contribution in [-0.4, -0.2) is 43.7 Å². The highest BCUT2D eigenvalue weighted by Gasteiger charge is 2.20. The number of nitrogens with zero attached hydrogens (tertiary/aromatic N) is 2. The second kappa shape index (κ2) is 8.92. The number of hydrogen-bond donors (Lipinski definition) is 1. The molecule has 1 fully saturated rings. The normalized spacial score (nSPS) is 16.3. The Hall–Kier alpha value is -2.24. The van der Waals surface area contributed by atoms with E-state index < -0.39 is 6.09 Å². The molecule has 2 aromatic rings. The predicted octanol–water partition coefficient (Wildman–Crippen LogP) is 3.69. The topological polar surface area (TPSA) is 58.8 Å². The van der Waals surface area contributed by atoms with Crippen LogP contribution >= 0.6 is 11.6 Å². The number of anilines is 1. The van der Waals surface area contributed by atoms with Crippen molar-refractivity contribution in [1.29, 1.82) is 0 Å². The van der Waals surface area contributed by atoms with Crippen LogP contribution in [0.15, 0.2) is 54.6 Å². The molecular formula is C20H24ClN3O2. The Kier molecular flexibility index (Phi) is 6.36. The molecule has 2 aromatic carbocycles. The van der Waals surface area contributed by atoms with Gasteiger partial charge in [0.15, 0.2) is 0 Å². The maximum Gasteiger partial charge on any atom is 0.405 e. The molecule has 0 radical (unpaired) electrons. The number of piperazine rings is 1. The second-order valence-electron chi connectivity index (χ2n) is 6.43. The van der Waals surface area contributed by atoms with Gasteiger partial charge >= 0.3 is 6.09 Å². The van der Waals surface area contributed by atoms with Crippen LogP contribution in [0.4, 0.5) is 10.5 Å². The monoisotopic (exact) mass is 373 g/mol. The molecule has 0 saturated carbocycles. The van der Waals surface area contributed by atoms with Crippen LogP contribution in [0, 0.1) is 0 Å². The third-order valence-corrected chi connectivity index (χ3v) is 4.92.